The lowest BCUT2D eigenvalue weighted by atomic mass is 10.1. The van der Waals surface area contributed by atoms with Crippen LogP contribution in [0.5, 0.6) is 0 Å². The van der Waals surface area contributed by atoms with Crippen LogP contribution in [0.1, 0.15) is 15.9 Å². The lowest BCUT2D eigenvalue weighted by molar-refractivity contribution is 0.102. The summed E-state index contributed by atoms with van der Waals surface area (Å²) >= 11 is 2.24. The Morgan fingerprint density at radius 3 is 2.26 bits per heavy atom. The van der Waals surface area contributed by atoms with Crippen molar-refractivity contribution in [2.24, 2.45) is 0 Å². The summed E-state index contributed by atoms with van der Waals surface area (Å²) in [5.74, 6) is -0.0821. The summed E-state index contributed by atoms with van der Waals surface area (Å²) < 4.78 is 1.14. The normalized spacial score (nSPS) is 10.1. The van der Waals surface area contributed by atoms with Gasteiger partial charge in [-0.3, -0.25) is 4.79 Å². The molecule has 3 nitrogen and oxygen atoms in total. The van der Waals surface area contributed by atoms with Gasteiger partial charge < -0.3 is 10.6 Å². The third kappa shape index (κ3) is 3.47. The summed E-state index contributed by atoms with van der Waals surface area (Å²) in [6, 6.07) is 13.4. The maximum Gasteiger partial charge on any atom is 0.255 e. The number of aryl methyl sites for hydroxylation is 1. The fourth-order valence-electron chi connectivity index (χ4n) is 1.81. The molecule has 19 heavy (non-hydrogen) atoms. The van der Waals surface area contributed by atoms with Crippen LogP contribution < -0.4 is 10.6 Å². The maximum atomic E-state index is 12.2. The number of halogens is 1. The molecule has 0 heterocycles. The van der Waals surface area contributed by atoms with Gasteiger partial charge in [0.15, 0.2) is 0 Å². The van der Waals surface area contributed by atoms with Crippen LogP contribution in [0.15, 0.2) is 42.5 Å². The zero-order valence-corrected chi connectivity index (χ0v) is 13.0. The number of benzene rings is 2. The molecule has 0 aliphatic heterocycles. The average Bonchev–Trinajstić information content (AvgIpc) is 2.41. The molecule has 0 radical (unpaired) electrons. The first-order chi connectivity index (χ1) is 9.10. The summed E-state index contributed by atoms with van der Waals surface area (Å²) in [6.07, 6.45) is 0. The van der Waals surface area contributed by atoms with Crippen LogP contribution in [0.2, 0.25) is 0 Å². The second kappa shape index (κ2) is 6.06. The van der Waals surface area contributed by atoms with Gasteiger partial charge in [-0.15, -0.1) is 0 Å². The summed E-state index contributed by atoms with van der Waals surface area (Å²) in [6.45, 7) is 1.93. The molecular weight excluding hydrogens is 351 g/mol. The Bertz CT molecular complexity index is 594. The molecule has 0 unspecified atom stereocenters. The quantitative estimate of drug-likeness (QED) is 0.810. The van der Waals surface area contributed by atoms with Gasteiger partial charge in [0, 0.05) is 27.6 Å². The first-order valence-corrected chi connectivity index (χ1v) is 7.03. The molecule has 0 spiro atoms. The van der Waals surface area contributed by atoms with Crippen molar-refractivity contribution in [2.45, 2.75) is 6.92 Å². The molecule has 4 heteroatoms. The number of amides is 1. The SMILES string of the molecule is CNc1ccc(C(=O)Nc2ccc(I)cc2)c(C)c1. The number of hydrogen-bond acceptors (Lipinski definition) is 2. The van der Waals surface area contributed by atoms with E-state index in [2.05, 4.69) is 33.2 Å². The number of carbonyl (C=O) groups is 1. The third-order valence-electron chi connectivity index (χ3n) is 2.86. The van der Waals surface area contributed by atoms with Gasteiger partial charge >= 0.3 is 0 Å². The monoisotopic (exact) mass is 366 g/mol. The van der Waals surface area contributed by atoms with Crippen LogP contribution >= 0.6 is 22.6 Å². The van der Waals surface area contributed by atoms with Crippen LogP contribution in [0.3, 0.4) is 0 Å². The zero-order valence-electron chi connectivity index (χ0n) is 10.8. The highest BCUT2D eigenvalue weighted by Crippen LogP contribution is 2.17. The lowest BCUT2D eigenvalue weighted by Gasteiger charge is -2.09. The van der Waals surface area contributed by atoms with Gasteiger partial charge in [-0.25, -0.2) is 0 Å². The minimum Gasteiger partial charge on any atom is -0.388 e. The molecule has 1 amide bonds. The van der Waals surface area contributed by atoms with E-state index in [1.165, 1.54) is 0 Å². The number of rotatable bonds is 3. The van der Waals surface area contributed by atoms with Crippen LogP contribution in [-0.2, 0) is 0 Å². The van der Waals surface area contributed by atoms with Crippen molar-refractivity contribution >= 4 is 39.9 Å². The number of hydrogen-bond donors (Lipinski definition) is 2. The standard InChI is InChI=1S/C15H15IN2O/c1-10-9-13(17-2)7-8-14(10)15(19)18-12-5-3-11(16)4-6-12/h3-9,17H,1-2H3,(H,18,19). The molecule has 0 aromatic heterocycles. The van der Waals surface area contributed by atoms with Crippen molar-refractivity contribution in [1.29, 1.82) is 0 Å². The Hall–Kier alpha value is -1.56. The van der Waals surface area contributed by atoms with Gasteiger partial charge in [0.2, 0.25) is 0 Å². The van der Waals surface area contributed by atoms with E-state index in [-0.39, 0.29) is 5.91 Å². The summed E-state index contributed by atoms with van der Waals surface area (Å²) in [5, 5.41) is 5.96. The predicted octanol–water partition coefficient (Wildman–Crippen LogP) is 3.89. The van der Waals surface area contributed by atoms with E-state index in [1.807, 2.05) is 56.4 Å². The molecule has 2 aromatic rings. The van der Waals surface area contributed by atoms with Crippen LogP contribution in [0, 0.1) is 10.5 Å². The van der Waals surface area contributed by atoms with Crippen molar-refractivity contribution in [2.75, 3.05) is 17.7 Å². The van der Waals surface area contributed by atoms with E-state index in [9.17, 15) is 4.79 Å². The first-order valence-electron chi connectivity index (χ1n) is 5.95. The highest BCUT2D eigenvalue weighted by Gasteiger charge is 2.09. The molecule has 2 rings (SSSR count). The molecule has 0 aliphatic rings. The molecule has 0 saturated heterocycles. The van der Waals surface area contributed by atoms with E-state index in [4.69, 9.17) is 0 Å². The highest BCUT2D eigenvalue weighted by atomic mass is 127. The Morgan fingerprint density at radius 1 is 1.05 bits per heavy atom. The fourth-order valence-corrected chi connectivity index (χ4v) is 2.17. The summed E-state index contributed by atoms with van der Waals surface area (Å²) in [7, 11) is 1.86. The van der Waals surface area contributed by atoms with Crippen LogP contribution in [0.4, 0.5) is 11.4 Å². The van der Waals surface area contributed by atoms with Gasteiger partial charge in [0.05, 0.1) is 0 Å². The lowest BCUT2D eigenvalue weighted by Crippen LogP contribution is -2.13. The smallest absolute Gasteiger partial charge is 0.255 e. The molecule has 2 aromatic carbocycles. The number of nitrogens with one attached hydrogen (secondary N) is 2. The van der Waals surface area contributed by atoms with E-state index in [1.54, 1.807) is 0 Å². The zero-order chi connectivity index (χ0) is 13.8. The Kier molecular flexibility index (Phi) is 4.42. The second-order valence-corrected chi connectivity index (χ2v) is 5.49. The predicted molar refractivity (Wildman–Crippen MR) is 87.8 cm³/mol. The van der Waals surface area contributed by atoms with Crippen molar-refractivity contribution in [3.8, 4) is 0 Å². The molecule has 0 aliphatic carbocycles. The topological polar surface area (TPSA) is 41.1 Å². The van der Waals surface area contributed by atoms with Gasteiger partial charge in [0.1, 0.15) is 0 Å². The molecular formula is C15H15IN2O. The fraction of sp³-hybridized carbons (Fsp3) is 0.133. The minimum atomic E-state index is -0.0821. The van der Waals surface area contributed by atoms with Crippen LogP contribution in [-0.4, -0.2) is 13.0 Å². The molecule has 2 N–H and O–H groups in total. The van der Waals surface area contributed by atoms with E-state index < -0.39 is 0 Å². The average molecular weight is 366 g/mol. The van der Waals surface area contributed by atoms with E-state index in [0.717, 1.165) is 20.5 Å². The third-order valence-corrected chi connectivity index (χ3v) is 3.58. The maximum absolute atomic E-state index is 12.2. The van der Waals surface area contributed by atoms with E-state index >= 15 is 0 Å². The number of anilines is 2. The Morgan fingerprint density at radius 2 is 1.68 bits per heavy atom. The molecule has 0 bridgehead atoms. The largest absolute Gasteiger partial charge is 0.388 e. The molecule has 0 atom stereocenters. The van der Waals surface area contributed by atoms with Gasteiger partial charge in [-0.1, -0.05) is 0 Å². The Balaban J connectivity index is 2.18. The van der Waals surface area contributed by atoms with Gasteiger partial charge in [-0.05, 0) is 77.5 Å². The van der Waals surface area contributed by atoms with Crippen molar-refractivity contribution in [3.05, 3.63) is 57.2 Å². The minimum absolute atomic E-state index is 0.0821. The van der Waals surface area contributed by atoms with Gasteiger partial charge in [-0.2, -0.15) is 0 Å². The van der Waals surface area contributed by atoms with Crippen LogP contribution in [0.25, 0.3) is 0 Å². The van der Waals surface area contributed by atoms with Crippen molar-refractivity contribution in [3.63, 3.8) is 0 Å². The highest BCUT2D eigenvalue weighted by molar-refractivity contribution is 14.1. The summed E-state index contributed by atoms with van der Waals surface area (Å²) in [4.78, 5) is 12.2. The first kappa shape index (κ1) is 13.9. The van der Waals surface area contributed by atoms with Gasteiger partial charge in [0.25, 0.3) is 5.91 Å². The molecule has 98 valence electrons. The molecule has 0 saturated carbocycles. The second-order valence-electron chi connectivity index (χ2n) is 4.24. The molecule has 0 fully saturated rings. The van der Waals surface area contributed by atoms with Crippen molar-refractivity contribution in [1.82, 2.24) is 0 Å². The summed E-state index contributed by atoms with van der Waals surface area (Å²) in [5.41, 5.74) is 3.46. The van der Waals surface area contributed by atoms with Crippen molar-refractivity contribution < 1.29 is 4.79 Å². The number of carbonyl (C=O) groups excluding carboxylic acids is 1. The Labute approximate surface area is 126 Å². The van der Waals surface area contributed by atoms with E-state index in [0.29, 0.717) is 5.56 Å².